The Morgan fingerprint density at radius 1 is 0.472 bits per heavy atom. The third kappa shape index (κ3) is 17.7. The number of nitrogen functional groups attached to an aromatic ring is 5. The van der Waals surface area contributed by atoms with Gasteiger partial charge < -0.3 is 44.6 Å². The highest BCUT2D eigenvalue weighted by Crippen LogP contribution is 2.20. The number of carbonyl (C=O) groups is 3. The number of alkyl halides is 3. The Morgan fingerprint density at radius 2 is 0.774 bits per heavy atom. The van der Waals surface area contributed by atoms with Gasteiger partial charge in [-0.1, -0.05) is 51.1 Å². The molecule has 280 valence electrons. The summed E-state index contributed by atoms with van der Waals surface area (Å²) < 4.78 is 35.3. The average molecular weight is 731 g/mol. The summed E-state index contributed by atoms with van der Waals surface area (Å²) in [6, 6.07) is 36.3. The van der Waals surface area contributed by atoms with E-state index in [2.05, 4.69) is 10.6 Å². The van der Waals surface area contributed by atoms with Crippen molar-refractivity contribution in [3.63, 3.8) is 0 Å². The van der Waals surface area contributed by atoms with Gasteiger partial charge in [0.15, 0.2) is 0 Å². The minimum Gasteiger partial charge on any atom is -0.399 e. The molecule has 11 nitrogen and oxygen atoms in total. The lowest BCUT2D eigenvalue weighted by atomic mass is 9.95. The van der Waals surface area contributed by atoms with E-state index in [0.29, 0.717) is 23.5 Å². The van der Waals surface area contributed by atoms with Gasteiger partial charge in [-0.3, -0.25) is 14.4 Å². The summed E-state index contributed by atoms with van der Waals surface area (Å²) in [6.45, 7) is 5.62. The molecule has 0 radical (unpaired) electrons. The number of benzene rings is 5. The molecule has 0 heterocycles. The van der Waals surface area contributed by atoms with Crippen molar-refractivity contribution < 1.29 is 27.6 Å². The number of nitrogens with one attached hydrogen (secondary N) is 3. The zero-order valence-electron chi connectivity index (χ0n) is 29.6. The summed E-state index contributed by atoms with van der Waals surface area (Å²) in [5, 5.41) is 7.33. The minimum atomic E-state index is -4.87. The van der Waals surface area contributed by atoms with Gasteiger partial charge in [-0.25, -0.2) is 0 Å². The molecule has 53 heavy (non-hydrogen) atoms. The molecule has 0 aliphatic rings. The number of amides is 3. The molecule has 0 spiro atoms. The summed E-state index contributed by atoms with van der Waals surface area (Å²) in [4.78, 5) is 33.8. The number of carbonyl (C=O) groups excluding carboxylic acids is 3. The number of hydrogen-bond acceptors (Lipinski definition) is 8. The van der Waals surface area contributed by atoms with Crippen LogP contribution in [-0.2, 0) is 20.8 Å². The van der Waals surface area contributed by atoms with E-state index in [0.717, 1.165) is 28.3 Å². The van der Waals surface area contributed by atoms with Crippen molar-refractivity contribution in [1.29, 1.82) is 0 Å². The molecule has 3 amide bonds. The van der Waals surface area contributed by atoms with Gasteiger partial charge in [0.2, 0.25) is 11.8 Å². The Kier molecular flexibility index (Phi) is 16.2. The van der Waals surface area contributed by atoms with Crippen LogP contribution in [-0.4, -0.2) is 23.9 Å². The smallest absolute Gasteiger partial charge is 0.399 e. The largest absolute Gasteiger partial charge is 0.471 e. The average Bonchev–Trinajstić information content (AvgIpc) is 3.09. The van der Waals surface area contributed by atoms with Gasteiger partial charge in [-0.15, -0.1) is 0 Å². The molecule has 5 rings (SSSR count). The van der Waals surface area contributed by atoms with E-state index >= 15 is 0 Å². The number of hydrogen-bond donors (Lipinski definition) is 8. The zero-order chi connectivity index (χ0) is 39.6. The fourth-order valence-corrected chi connectivity index (χ4v) is 3.70. The molecule has 5 aromatic carbocycles. The third-order valence-corrected chi connectivity index (χ3v) is 6.61. The van der Waals surface area contributed by atoms with E-state index in [1.165, 1.54) is 24.3 Å². The van der Waals surface area contributed by atoms with E-state index in [1.54, 1.807) is 78.1 Å². The number of nitrogens with two attached hydrogens (primary N) is 5. The van der Waals surface area contributed by atoms with Gasteiger partial charge in [-0.2, -0.15) is 13.2 Å². The van der Waals surface area contributed by atoms with Crippen LogP contribution in [0.15, 0.2) is 127 Å². The maximum atomic E-state index is 11.8. The molecule has 13 N–H and O–H groups in total. The van der Waals surface area contributed by atoms with Gasteiger partial charge >= 0.3 is 12.1 Å². The lowest BCUT2D eigenvalue weighted by Crippen LogP contribution is -2.29. The van der Waals surface area contributed by atoms with Crippen LogP contribution in [0.25, 0.3) is 0 Å². The first-order valence-electron chi connectivity index (χ1n) is 16.0. The van der Waals surface area contributed by atoms with E-state index in [-0.39, 0.29) is 22.9 Å². The molecule has 0 aliphatic heterocycles. The van der Waals surface area contributed by atoms with Crippen molar-refractivity contribution in [2.24, 2.45) is 5.41 Å². The van der Waals surface area contributed by atoms with Crippen LogP contribution >= 0.6 is 0 Å². The maximum Gasteiger partial charge on any atom is 0.471 e. The second-order valence-electron chi connectivity index (χ2n) is 12.4. The van der Waals surface area contributed by atoms with E-state index in [9.17, 15) is 27.6 Å². The van der Waals surface area contributed by atoms with Crippen LogP contribution in [0.3, 0.4) is 0 Å². The summed E-state index contributed by atoms with van der Waals surface area (Å²) in [5.41, 5.74) is 32.7. The van der Waals surface area contributed by atoms with Crippen molar-refractivity contribution in [2.45, 2.75) is 33.4 Å². The fourth-order valence-electron chi connectivity index (χ4n) is 3.70. The molecule has 0 aliphatic carbocycles. The minimum absolute atomic E-state index is 0.00210. The third-order valence-electron chi connectivity index (χ3n) is 6.61. The summed E-state index contributed by atoms with van der Waals surface area (Å²) >= 11 is 0. The Bertz CT molecular complexity index is 1770. The summed E-state index contributed by atoms with van der Waals surface area (Å²) in [6.07, 6.45) is -4.49. The van der Waals surface area contributed by atoms with Crippen LogP contribution < -0.4 is 44.6 Å². The van der Waals surface area contributed by atoms with Gasteiger partial charge in [0.05, 0.1) is 6.42 Å². The Hall–Kier alpha value is -6.70. The molecule has 14 heteroatoms. The quantitative estimate of drug-likeness (QED) is 0.0855. The van der Waals surface area contributed by atoms with Crippen LogP contribution in [0.4, 0.5) is 58.7 Å². The van der Waals surface area contributed by atoms with Gasteiger partial charge in [0, 0.05) is 50.9 Å². The van der Waals surface area contributed by atoms with Crippen LogP contribution in [0.2, 0.25) is 0 Å². The summed E-state index contributed by atoms with van der Waals surface area (Å²) in [7, 11) is 0. The molecule has 0 saturated heterocycles. The summed E-state index contributed by atoms with van der Waals surface area (Å²) in [5.74, 6) is -2.02. The number of rotatable bonds is 5. The van der Waals surface area contributed by atoms with Crippen LogP contribution in [0.5, 0.6) is 0 Å². The number of anilines is 8. The van der Waals surface area contributed by atoms with Crippen LogP contribution in [0, 0.1) is 5.41 Å². The Labute approximate surface area is 306 Å². The lowest BCUT2D eigenvalue weighted by molar-refractivity contribution is -0.167. The predicted molar refractivity (Wildman–Crippen MR) is 209 cm³/mol. The first kappa shape index (κ1) is 42.5. The highest BCUT2D eigenvalue weighted by Gasteiger charge is 2.38. The van der Waals surface area contributed by atoms with Crippen molar-refractivity contribution in [2.75, 3.05) is 44.6 Å². The second-order valence-corrected chi connectivity index (χ2v) is 12.4. The van der Waals surface area contributed by atoms with E-state index < -0.39 is 12.1 Å². The Balaban J connectivity index is 0.000000251. The van der Waals surface area contributed by atoms with Gasteiger partial charge in [-0.05, 0) is 103 Å². The standard InChI is InChI=1S/C14H14N2O.C11H16N2O.C8H7F3N2O.C6H8N2/c15-12-6-8-13(9-7-12)16-14(17)10-11-4-2-1-3-5-11;1-11(2,3)10(14)13-9-6-4-8(12)5-7-9;9-8(10,11)7(14)13-6-3-1-5(12)2-4-6;7-5-1-2-6(8)4-3-5/h1-9H,10,15H2,(H,16,17);4-7H,12H2,1-3H3,(H,13,14);1-4H,12H2,(H,13,14);1-4H,7-8H2. The van der Waals surface area contributed by atoms with Crippen LogP contribution in [0.1, 0.15) is 26.3 Å². The highest BCUT2D eigenvalue weighted by molar-refractivity contribution is 5.95. The molecule has 0 unspecified atom stereocenters. The lowest BCUT2D eigenvalue weighted by Gasteiger charge is -2.17. The highest BCUT2D eigenvalue weighted by atomic mass is 19.4. The first-order chi connectivity index (χ1) is 24.8. The van der Waals surface area contributed by atoms with Crippen molar-refractivity contribution in [3.8, 4) is 0 Å². The van der Waals surface area contributed by atoms with E-state index in [4.69, 9.17) is 28.7 Å². The molecule has 0 atom stereocenters. The predicted octanol–water partition coefficient (Wildman–Crippen LogP) is 7.32. The second kappa shape index (κ2) is 20.2. The molecular formula is C39H45F3N8O3. The molecule has 5 aromatic rings. The maximum absolute atomic E-state index is 11.8. The molecule has 0 aromatic heterocycles. The fraction of sp³-hybridized carbons (Fsp3) is 0.154. The topological polar surface area (TPSA) is 217 Å². The molecular weight excluding hydrogens is 685 g/mol. The molecule has 0 bridgehead atoms. The van der Waals surface area contributed by atoms with Gasteiger partial charge in [0.1, 0.15) is 0 Å². The van der Waals surface area contributed by atoms with Crippen molar-refractivity contribution in [3.05, 3.63) is 133 Å². The normalized spacial score (nSPS) is 10.4. The first-order valence-corrected chi connectivity index (χ1v) is 16.0. The van der Waals surface area contributed by atoms with Gasteiger partial charge in [0.25, 0.3) is 0 Å². The molecule has 0 saturated carbocycles. The Morgan fingerprint density at radius 3 is 1.09 bits per heavy atom. The van der Waals surface area contributed by atoms with E-state index in [1.807, 2.05) is 51.1 Å². The monoisotopic (exact) mass is 730 g/mol. The van der Waals surface area contributed by atoms with Crippen molar-refractivity contribution in [1.82, 2.24) is 0 Å². The van der Waals surface area contributed by atoms with Crippen molar-refractivity contribution >= 4 is 63.2 Å². The zero-order valence-corrected chi connectivity index (χ0v) is 29.6. The number of halogens is 3. The molecule has 0 fully saturated rings. The SMILES string of the molecule is CC(C)(C)C(=O)Nc1ccc(N)cc1.Nc1ccc(N)cc1.Nc1ccc(NC(=O)C(F)(F)F)cc1.Nc1ccc(NC(=O)Cc2ccccc2)cc1.